The number of ketones is 1. The number of aromatic nitrogens is 3. The first-order valence-electron chi connectivity index (χ1n) is 8.46. The van der Waals surface area contributed by atoms with Crippen LogP contribution in [0.2, 0.25) is 0 Å². The Morgan fingerprint density at radius 2 is 1.79 bits per heavy atom. The van der Waals surface area contributed by atoms with Crippen LogP contribution in [0, 0.1) is 30.6 Å². The van der Waals surface area contributed by atoms with Crippen LogP contribution < -0.4 is 0 Å². The van der Waals surface area contributed by atoms with Gasteiger partial charge in [0, 0.05) is 44.7 Å². The molecule has 0 fully saturated rings. The standard InChI is InChI=1S/C12H23O.C7H12N3.Y/c1-9(8-11(2,3)4)10(13)12(5,6)7;1-3-5-10-7(4-2)6-8-9-10;/h9H,1,8H2,2-7H3;6H,1,3-5H2,2H3;/q2*-1;. The molecule has 1 aromatic rings. The third-order valence-electron chi connectivity index (χ3n) is 3.40. The maximum absolute atomic E-state index is 11.8. The summed E-state index contributed by atoms with van der Waals surface area (Å²) >= 11 is 0. The van der Waals surface area contributed by atoms with Crippen molar-refractivity contribution in [2.24, 2.45) is 16.7 Å². The van der Waals surface area contributed by atoms with E-state index in [0.717, 1.165) is 25.8 Å². The Morgan fingerprint density at radius 1 is 1.25 bits per heavy atom. The van der Waals surface area contributed by atoms with E-state index in [-0.39, 0.29) is 55.2 Å². The number of hydrogen-bond donors (Lipinski definition) is 0. The van der Waals surface area contributed by atoms with Crippen molar-refractivity contribution in [3.8, 4) is 0 Å². The molecule has 4 nitrogen and oxygen atoms in total. The first kappa shape index (κ1) is 26.1. The Balaban J connectivity index is 0. The molecule has 1 aromatic heterocycles. The van der Waals surface area contributed by atoms with Crippen molar-refractivity contribution in [1.82, 2.24) is 15.0 Å². The number of aryl methyl sites for hydroxylation is 2. The summed E-state index contributed by atoms with van der Waals surface area (Å²) in [5, 5.41) is 7.70. The molecule has 0 spiro atoms. The molecule has 0 aliphatic rings. The van der Waals surface area contributed by atoms with Crippen LogP contribution in [0.5, 0.6) is 0 Å². The van der Waals surface area contributed by atoms with Crippen LogP contribution in [-0.4, -0.2) is 20.8 Å². The summed E-state index contributed by atoms with van der Waals surface area (Å²) in [5.41, 5.74) is 1.12. The summed E-state index contributed by atoms with van der Waals surface area (Å²) in [5.74, 6) is 0.197. The average Bonchev–Trinajstić information content (AvgIpc) is 2.83. The van der Waals surface area contributed by atoms with Crippen LogP contribution in [0.1, 0.15) is 67.0 Å². The molecule has 0 N–H and O–H groups in total. The molecule has 1 heterocycles. The van der Waals surface area contributed by atoms with Gasteiger partial charge in [-0.3, -0.25) is 4.68 Å². The SMILES string of the molecule is [CH2-]C(CC(C)(C)C)C(=O)C(C)(C)C.[CH2-]CCn1nncc1CC.[Y]. The van der Waals surface area contributed by atoms with Gasteiger partial charge < -0.3 is 18.6 Å². The molecule has 0 bridgehead atoms. The van der Waals surface area contributed by atoms with Gasteiger partial charge in [0.05, 0.1) is 11.9 Å². The van der Waals surface area contributed by atoms with Crippen molar-refractivity contribution in [3.05, 3.63) is 25.7 Å². The predicted octanol–water partition coefficient (Wildman–Crippen LogP) is 4.55. The van der Waals surface area contributed by atoms with Gasteiger partial charge in [-0.25, -0.2) is 0 Å². The second-order valence-corrected chi connectivity index (χ2v) is 8.23. The molecule has 1 rings (SSSR count). The van der Waals surface area contributed by atoms with Crippen molar-refractivity contribution in [2.45, 2.75) is 74.3 Å². The van der Waals surface area contributed by atoms with Crippen LogP contribution in [0.3, 0.4) is 0 Å². The van der Waals surface area contributed by atoms with E-state index < -0.39 is 0 Å². The summed E-state index contributed by atoms with van der Waals surface area (Å²) < 4.78 is 1.90. The second-order valence-electron chi connectivity index (χ2n) is 8.23. The molecule has 1 atom stereocenters. The quantitative estimate of drug-likeness (QED) is 0.669. The largest absolute Gasteiger partial charge is 0.342 e. The Bertz CT molecular complexity index is 470. The van der Waals surface area contributed by atoms with E-state index in [4.69, 9.17) is 0 Å². The van der Waals surface area contributed by atoms with E-state index in [1.54, 1.807) is 6.20 Å². The van der Waals surface area contributed by atoms with Gasteiger partial charge in [-0.2, -0.15) is 6.42 Å². The van der Waals surface area contributed by atoms with E-state index in [2.05, 4.69) is 51.9 Å². The van der Waals surface area contributed by atoms with Crippen LogP contribution >= 0.6 is 0 Å². The minimum atomic E-state index is -0.252. The first-order chi connectivity index (χ1) is 10.4. The number of carbonyl (C=O) groups excluding carboxylic acids is 1. The van der Waals surface area contributed by atoms with E-state index in [1.807, 2.05) is 25.5 Å². The molecule has 0 saturated heterocycles. The number of carbonyl (C=O) groups is 1. The number of rotatable bonds is 5. The van der Waals surface area contributed by atoms with Gasteiger partial charge in [-0.05, 0) is 11.8 Å². The van der Waals surface area contributed by atoms with E-state index in [0.29, 0.717) is 0 Å². The van der Waals surface area contributed by atoms with Crippen molar-refractivity contribution in [1.29, 1.82) is 0 Å². The van der Waals surface area contributed by atoms with Crippen LogP contribution in [0.15, 0.2) is 6.20 Å². The zero-order valence-electron chi connectivity index (χ0n) is 16.7. The minimum Gasteiger partial charge on any atom is -0.342 e. The molecule has 0 saturated carbocycles. The third kappa shape index (κ3) is 10.7. The van der Waals surface area contributed by atoms with Crippen LogP contribution in [-0.2, 0) is 50.5 Å². The van der Waals surface area contributed by atoms with Gasteiger partial charge in [-0.1, -0.05) is 60.1 Å². The number of Topliss-reactive ketones (excluding diaryl/α,β-unsaturated/α-hetero) is 1. The van der Waals surface area contributed by atoms with Crippen molar-refractivity contribution in [2.75, 3.05) is 0 Å². The van der Waals surface area contributed by atoms with E-state index in [1.165, 1.54) is 5.69 Å². The fraction of sp³-hybridized carbons (Fsp3) is 0.737. The number of nitrogens with zero attached hydrogens (tertiary/aromatic N) is 3. The molecule has 1 unspecified atom stereocenters. The van der Waals surface area contributed by atoms with Crippen molar-refractivity contribution < 1.29 is 37.5 Å². The fourth-order valence-electron chi connectivity index (χ4n) is 2.34. The maximum atomic E-state index is 11.8. The normalized spacial score (nSPS) is 12.7. The van der Waals surface area contributed by atoms with Gasteiger partial charge in [0.2, 0.25) is 0 Å². The molecule has 0 amide bonds. The van der Waals surface area contributed by atoms with Gasteiger partial charge in [0.25, 0.3) is 0 Å². The number of hydrogen-bond acceptors (Lipinski definition) is 3. The zero-order valence-corrected chi connectivity index (χ0v) is 19.6. The molecule has 24 heavy (non-hydrogen) atoms. The van der Waals surface area contributed by atoms with Gasteiger partial charge in [0.15, 0.2) is 0 Å². The summed E-state index contributed by atoms with van der Waals surface area (Å²) in [6.07, 6.45) is 4.53. The Kier molecular flexibility index (Phi) is 12.5. The molecule has 0 aliphatic carbocycles. The van der Waals surface area contributed by atoms with E-state index in [9.17, 15) is 4.79 Å². The molecule has 0 aliphatic heterocycles. The first-order valence-corrected chi connectivity index (χ1v) is 8.46. The van der Waals surface area contributed by atoms with Gasteiger partial charge in [-0.15, -0.1) is 11.0 Å². The summed E-state index contributed by atoms with van der Waals surface area (Å²) in [6, 6.07) is 0. The second kappa shape index (κ2) is 11.5. The Labute approximate surface area is 174 Å². The minimum absolute atomic E-state index is 0. The molecular weight excluding hydrogens is 375 g/mol. The summed E-state index contributed by atoms with van der Waals surface area (Å²) in [6.45, 7) is 22.9. The summed E-state index contributed by atoms with van der Waals surface area (Å²) in [4.78, 5) is 11.8. The smallest absolute Gasteiger partial charge is 0.111 e. The van der Waals surface area contributed by atoms with Crippen molar-refractivity contribution in [3.63, 3.8) is 0 Å². The van der Waals surface area contributed by atoms with Crippen LogP contribution in [0.4, 0.5) is 0 Å². The maximum Gasteiger partial charge on any atom is 0.111 e. The molecular formula is C19H35N3OY-2. The summed E-state index contributed by atoms with van der Waals surface area (Å²) in [7, 11) is 0. The average molecular weight is 410 g/mol. The van der Waals surface area contributed by atoms with Gasteiger partial charge >= 0.3 is 0 Å². The monoisotopic (exact) mass is 410 g/mol. The molecule has 0 aromatic carbocycles. The Hall–Kier alpha value is -0.0861. The zero-order chi connectivity index (χ0) is 18.3. The third-order valence-corrected chi connectivity index (χ3v) is 3.40. The Morgan fingerprint density at radius 3 is 2.17 bits per heavy atom. The van der Waals surface area contributed by atoms with E-state index >= 15 is 0 Å². The molecule has 137 valence electrons. The topological polar surface area (TPSA) is 47.8 Å². The molecule has 1 radical (unpaired) electrons. The predicted molar refractivity (Wildman–Crippen MR) is 96.8 cm³/mol. The fourth-order valence-corrected chi connectivity index (χ4v) is 2.34. The van der Waals surface area contributed by atoms with Crippen molar-refractivity contribution >= 4 is 5.78 Å². The van der Waals surface area contributed by atoms with Crippen LogP contribution in [0.25, 0.3) is 0 Å². The van der Waals surface area contributed by atoms with Gasteiger partial charge in [0.1, 0.15) is 5.78 Å². The molecule has 5 heteroatoms.